The van der Waals surface area contributed by atoms with E-state index >= 15 is 0 Å². The maximum atomic E-state index is 13.0. The third-order valence-electron chi connectivity index (χ3n) is 2.87. The minimum atomic E-state index is -0.226. The SMILES string of the molecule is C=CC(C)C(/N=C(/C=C/C)SC)c1ccc(F)cc1. The Balaban J connectivity index is 3.14. The van der Waals surface area contributed by atoms with Crippen LogP contribution in [0.25, 0.3) is 0 Å². The summed E-state index contributed by atoms with van der Waals surface area (Å²) < 4.78 is 13.0. The Kier molecular flexibility index (Phi) is 6.57. The van der Waals surface area contributed by atoms with Crippen LogP contribution < -0.4 is 0 Å². The summed E-state index contributed by atoms with van der Waals surface area (Å²) in [6.45, 7) is 7.87. The number of nitrogens with zero attached hydrogens (tertiary/aromatic N) is 1. The molecule has 0 aliphatic carbocycles. The second-order valence-electron chi connectivity index (χ2n) is 4.26. The van der Waals surface area contributed by atoms with Crippen molar-refractivity contribution < 1.29 is 4.39 Å². The van der Waals surface area contributed by atoms with Crippen LogP contribution in [0.4, 0.5) is 4.39 Å². The van der Waals surface area contributed by atoms with Gasteiger partial charge in [0.25, 0.3) is 0 Å². The predicted octanol–water partition coefficient (Wildman–Crippen LogP) is 5.03. The van der Waals surface area contributed by atoms with Crippen LogP contribution in [0.3, 0.4) is 0 Å². The molecule has 102 valence electrons. The van der Waals surface area contributed by atoms with Crippen molar-refractivity contribution in [3.63, 3.8) is 0 Å². The monoisotopic (exact) mass is 277 g/mol. The Bertz CT molecular complexity index is 462. The van der Waals surface area contributed by atoms with Crippen molar-refractivity contribution >= 4 is 16.8 Å². The van der Waals surface area contributed by atoms with Crippen LogP contribution in [0.1, 0.15) is 25.5 Å². The lowest BCUT2D eigenvalue weighted by molar-refractivity contribution is 0.568. The highest BCUT2D eigenvalue weighted by molar-refractivity contribution is 8.13. The molecule has 19 heavy (non-hydrogen) atoms. The molecule has 0 heterocycles. The van der Waals surface area contributed by atoms with Crippen LogP contribution in [0, 0.1) is 11.7 Å². The van der Waals surface area contributed by atoms with Gasteiger partial charge in [0.15, 0.2) is 0 Å². The molecule has 0 aromatic heterocycles. The first-order valence-electron chi connectivity index (χ1n) is 6.24. The van der Waals surface area contributed by atoms with Gasteiger partial charge in [-0.15, -0.1) is 18.3 Å². The highest BCUT2D eigenvalue weighted by Gasteiger charge is 2.16. The van der Waals surface area contributed by atoms with E-state index in [0.717, 1.165) is 10.6 Å². The summed E-state index contributed by atoms with van der Waals surface area (Å²) in [5.74, 6) is -0.0332. The first kappa shape index (κ1) is 15.7. The maximum Gasteiger partial charge on any atom is 0.123 e. The molecule has 0 N–H and O–H groups in total. The van der Waals surface area contributed by atoms with E-state index in [9.17, 15) is 4.39 Å². The third kappa shape index (κ3) is 4.67. The molecule has 3 heteroatoms. The number of thioether (sulfide) groups is 1. The summed E-state index contributed by atoms with van der Waals surface area (Å²) >= 11 is 1.60. The van der Waals surface area contributed by atoms with E-state index in [1.807, 2.05) is 31.4 Å². The van der Waals surface area contributed by atoms with E-state index in [2.05, 4.69) is 13.5 Å². The molecule has 1 aromatic carbocycles. The Labute approximate surface area is 119 Å². The van der Waals surface area contributed by atoms with Gasteiger partial charge >= 0.3 is 0 Å². The number of rotatable bonds is 5. The molecule has 0 radical (unpaired) electrons. The average molecular weight is 277 g/mol. The van der Waals surface area contributed by atoms with Crippen molar-refractivity contribution in [3.05, 3.63) is 60.5 Å². The van der Waals surface area contributed by atoms with Crippen molar-refractivity contribution in [3.8, 4) is 0 Å². The molecular formula is C16H20FNS. The van der Waals surface area contributed by atoms with Gasteiger partial charge in [-0.3, -0.25) is 4.99 Å². The lowest BCUT2D eigenvalue weighted by atomic mass is 9.95. The van der Waals surface area contributed by atoms with E-state index in [4.69, 9.17) is 4.99 Å². The van der Waals surface area contributed by atoms with Crippen LogP contribution in [-0.4, -0.2) is 11.3 Å². The molecule has 0 bridgehead atoms. The Morgan fingerprint density at radius 1 is 1.37 bits per heavy atom. The van der Waals surface area contributed by atoms with Gasteiger partial charge in [0.2, 0.25) is 0 Å². The standard InChI is InChI=1S/C16H20FNS/c1-5-7-15(19-4)18-16(12(3)6-2)13-8-10-14(17)11-9-13/h5-12,16H,2H2,1,3-4H3/b7-5+,18-15-. The maximum absolute atomic E-state index is 13.0. The summed E-state index contributed by atoms with van der Waals surface area (Å²) in [6.07, 6.45) is 7.83. The van der Waals surface area contributed by atoms with Crippen molar-refractivity contribution in [2.45, 2.75) is 19.9 Å². The normalized spacial score (nSPS) is 15.5. The summed E-state index contributed by atoms with van der Waals surface area (Å²) in [5.41, 5.74) is 1.00. The number of hydrogen-bond donors (Lipinski definition) is 0. The molecule has 0 aliphatic rings. The van der Waals surface area contributed by atoms with Crippen molar-refractivity contribution in [2.75, 3.05) is 6.26 Å². The molecular weight excluding hydrogens is 257 g/mol. The number of halogens is 1. The molecule has 0 saturated carbocycles. The Morgan fingerprint density at radius 2 is 2.00 bits per heavy atom. The first-order chi connectivity index (χ1) is 9.12. The topological polar surface area (TPSA) is 12.4 Å². The first-order valence-corrected chi connectivity index (χ1v) is 7.47. The van der Waals surface area contributed by atoms with Gasteiger partial charge in [-0.2, -0.15) is 0 Å². The van der Waals surface area contributed by atoms with Gasteiger partial charge in [-0.05, 0) is 37.0 Å². The van der Waals surface area contributed by atoms with Gasteiger partial charge in [-0.1, -0.05) is 31.2 Å². The van der Waals surface area contributed by atoms with Gasteiger partial charge in [-0.25, -0.2) is 4.39 Å². The van der Waals surface area contributed by atoms with E-state index in [1.165, 1.54) is 12.1 Å². The molecule has 0 amide bonds. The Morgan fingerprint density at radius 3 is 2.47 bits per heavy atom. The molecule has 0 saturated heterocycles. The van der Waals surface area contributed by atoms with Crippen molar-refractivity contribution in [1.29, 1.82) is 0 Å². The van der Waals surface area contributed by atoms with E-state index in [0.29, 0.717) is 0 Å². The zero-order chi connectivity index (χ0) is 14.3. The lowest BCUT2D eigenvalue weighted by Gasteiger charge is -2.18. The van der Waals surface area contributed by atoms with Gasteiger partial charge in [0.1, 0.15) is 5.82 Å². The molecule has 1 nitrogen and oxygen atoms in total. The van der Waals surface area contributed by atoms with Crippen LogP contribution in [0.15, 0.2) is 54.1 Å². The molecule has 1 aromatic rings. The molecule has 0 aliphatic heterocycles. The minimum Gasteiger partial charge on any atom is -0.270 e. The van der Waals surface area contributed by atoms with E-state index in [-0.39, 0.29) is 17.8 Å². The third-order valence-corrected chi connectivity index (χ3v) is 3.53. The average Bonchev–Trinajstić information content (AvgIpc) is 2.44. The number of hydrogen-bond acceptors (Lipinski definition) is 2. The smallest absolute Gasteiger partial charge is 0.123 e. The van der Waals surface area contributed by atoms with Crippen molar-refractivity contribution in [2.24, 2.45) is 10.9 Å². The van der Waals surface area contributed by atoms with Crippen LogP contribution >= 0.6 is 11.8 Å². The van der Waals surface area contributed by atoms with Crippen LogP contribution in [0.5, 0.6) is 0 Å². The van der Waals surface area contributed by atoms with E-state index in [1.54, 1.807) is 23.9 Å². The van der Waals surface area contributed by atoms with Crippen molar-refractivity contribution in [1.82, 2.24) is 0 Å². The van der Waals surface area contributed by atoms with Gasteiger partial charge in [0.05, 0.1) is 11.1 Å². The molecule has 0 fully saturated rings. The largest absolute Gasteiger partial charge is 0.270 e. The fourth-order valence-corrected chi connectivity index (χ4v) is 2.22. The lowest BCUT2D eigenvalue weighted by Crippen LogP contribution is -2.07. The molecule has 2 unspecified atom stereocenters. The summed E-state index contributed by atoms with van der Waals surface area (Å²) in [5, 5.41) is 0.963. The highest BCUT2D eigenvalue weighted by atomic mass is 32.2. The molecule has 0 spiro atoms. The second-order valence-corrected chi connectivity index (χ2v) is 5.09. The fourth-order valence-electron chi connectivity index (χ4n) is 1.73. The number of benzene rings is 1. The second kappa shape index (κ2) is 7.95. The number of aliphatic imine (C=N–C) groups is 1. The highest BCUT2D eigenvalue weighted by Crippen LogP contribution is 2.28. The molecule has 1 rings (SSSR count). The predicted molar refractivity (Wildman–Crippen MR) is 84.3 cm³/mol. The summed E-state index contributed by atoms with van der Waals surface area (Å²) in [6, 6.07) is 6.50. The molecule has 2 atom stereocenters. The summed E-state index contributed by atoms with van der Waals surface area (Å²) in [7, 11) is 0. The van der Waals surface area contributed by atoms with Gasteiger partial charge < -0.3 is 0 Å². The number of allylic oxidation sites excluding steroid dienone is 1. The minimum absolute atomic E-state index is 0.0308. The zero-order valence-electron chi connectivity index (χ0n) is 11.6. The zero-order valence-corrected chi connectivity index (χ0v) is 12.5. The fraction of sp³-hybridized carbons (Fsp3) is 0.312. The van der Waals surface area contributed by atoms with Gasteiger partial charge in [0, 0.05) is 5.92 Å². The quantitative estimate of drug-likeness (QED) is 0.418. The summed E-state index contributed by atoms with van der Waals surface area (Å²) in [4.78, 5) is 4.75. The Hall–Kier alpha value is -1.35. The van der Waals surface area contributed by atoms with Crippen LogP contribution in [-0.2, 0) is 0 Å². The van der Waals surface area contributed by atoms with E-state index < -0.39 is 0 Å². The van der Waals surface area contributed by atoms with Crippen LogP contribution in [0.2, 0.25) is 0 Å².